The van der Waals surface area contributed by atoms with Gasteiger partial charge in [0, 0.05) is 51.0 Å². The van der Waals surface area contributed by atoms with Gasteiger partial charge in [0.2, 0.25) is 15.9 Å². The van der Waals surface area contributed by atoms with Gasteiger partial charge in [-0.1, -0.05) is 12.1 Å². The molecule has 29 heavy (non-hydrogen) atoms. The van der Waals surface area contributed by atoms with Crippen molar-refractivity contribution in [3.8, 4) is 0 Å². The number of nitrogens with zero attached hydrogens (tertiary/aromatic N) is 4. The second-order valence-corrected chi connectivity index (χ2v) is 9.81. The summed E-state index contributed by atoms with van der Waals surface area (Å²) in [5.41, 5.74) is 0.993. The Hall–Kier alpha value is -2.19. The minimum atomic E-state index is -3.38. The summed E-state index contributed by atoms with van der Waals surface area (Å²) in [5, 5.41) is 0. The van der Waals surface area contributed by atoms with Crippen molar-refractivity contribution in [3.05, 3.63) is 48.5 Å². The maximum Gasteiger partial charge on any atom is 0.243 e. The fourth-order valence-corrected chi connectivity index (χ4v) is 5.73. The first-order valence-electron chi connectivity index (χ1n) is 10.4. The van der Waals surface area contributed by atoms with Crippen LogP contribution in [0.15, 0.2) is 47.9 Å². The maximum absolute atomic E-state index is 12.6. The van der Waals surface area contributed by atoms with Gasteiger partial charge in [-0.25, -0.2) is 13.4 Å². The highest BCUT2D eigenvalue weighted by Gasteiger charge is 2.27. The van der Waals surface area contributed by atoms with E-state index in [-0.39, 0.29) is 5.91 Å². The van der Waals surface area contributed by atoms with Crippen LogP contribution in [-0.4, -0.2) is 59.3 Å². The molecule has 0 atom stereocenters. The third kappa shape index (κ3) is 4.53. The van der Waals surface area contributed by atoms with Crippen molar-refractivity contribution in [1.29, 1.82) is 0 Å². The van der Waals surface area contributed by atoms with Crippen LogP contribution < -0.4 is 0 Å². The summed E-state index contributed by atoms with van der Waals surface area (Å²) in [6, 6.07) is 7.43. The van der Waals surface area contributed by atoms with Crippen LogP contribution in [0.5, 0.6) is 0 Å². The molecule has 8 heteroatoms. The van der Waals surface area contributed by atoms with Crippen LogP contribution in [0, 0.1) is 0 Å². The first-order chi connectivity index (χ1) is 14.0. The number of aromatic nitrogens is 2. The number of carbonyl (C=O) groups excluding carboxylic acids is 1. The summed E-state index contributed by atoms with van der Waals surface area (Å²) in [6.07, 6.45) is 10.5. The van der Waals surface area contributed by atoms with Crippen LogP contribution in [0.3, 0.4) is 0 Å². The van der Waals surface area contributed by atoms with E-state index in [1.54, 1.807) is 22.6 Å². The van der Waals surface area contributed by atoms with Crippen molar-refractivity contribution >= 4 is 15.9 Å². The van der Waals surface area contributed by atoms with E-state index in [9.17, 15) is 13.2 Å². The number of imidazole rings is 1. The molecular weight excluding hydrogens is 388 g/mol. The van der Waals surface area contributed by atoms with Crippen molar-refractivity contribution in [1.82, 2.24) is 18.8 Å². The molecular formula is C21H28N4O3S. The highest BCUT2D eigenvalue weighted by Crippen LogP contribution is 2.24. The van der Waals surface area contributed by atoms with E-state index >= 15 is 0 Å². The molecule has 2 aliphatic rings. The Morgan fingerprint density at radius 2 is 1.72 bits per heavy atom. The van der Waals surface area contributed by atoms with Gasteiger partial charge >= 0.3 is 0 Å². The third-order valence-corrected chi connectivity index (χ3v) is 7.93. The number of likely N-dealkylation sites (tertiary alicyclic amines) is 1. The number of amides is 1. The summed E-state index contributed by atoms with van der Waals surface area (Å²) in [7, 11) is -3.38. The van der Waals surface area contributed by atoms with E-state index in [1.165, 1.54) is 0 Å². The van der Waals surface area contributed by atoms with Crippen LogP contribution in [-0.2, 0) is 21.2 Å². The molecule has 4 rings (SSSR count). The van der Waals surface area contributed by atoms with Crippen LogP contribution in [0.1, 0.15) is 43.7 Å². The monoisotopic (exact) mass is 416 g/mol. The molecule has 3 heterocycles. The molecule has 0 aliphatic carbocycles. The second kappa shape index (κ2) is 8.67. The first-order valence-corrected chi connectivity index (χ1v) is 11.8. The number of piperidine rings is 1. The fourth-order valence-electron chi connectivity index (χ4n) is 4.21. The molecule has 1 aromatic carbocycles. The number of hydrogen-bond acceptors (Lipinski definition) is 4. The van der Waals surface area contributed by atoms with Gasteiger partial charge in [0.15, 0.2) is 0 Å². The zero-order valence-electron chi connectivity index (χ0n) is 16.6. The zero-order valence-corrected chi connectivity index (χ0v) is 17.4. The molecule has 2 aliphatic heterocycles. The van der Waals surface area contributed by atoms with Crippen molar-refractivity contribution in [2.24, 2.45) is 0 Å². The summed E-state index contributed by atoms with van der Waals surface area (Å²) in [5.74, 6) is 0.169. The number of sulfonamides is 1. The molecule has 2 saturated heterocycles. The molecule has 156 valence electrons. The van der Waals surface area contributed by atoms with Gasteiger partial charge in [-0.15, -0.1) is 0 Å². The Morgan fingerprint density at radius 1 is 1.03 bits per heavy atom. The first kappa shape index (κ1) is 20.1. The molecule has 0 spiro atoms. The molecule has 1 amide bonds. The Morgan fingerprint density at radius 3 is 2.34 bits per heavy atom. The Kier molecular flexibility index (Phi) is 6.01. The lowest BCUT2D eigenvalue weighted by molar-refractivity contribution is -0.132. The molecule has 0 N–H and O–H groups in total. The van der Waals surface area contributed by atoms with Crippen LogP contribution in [0.4, 0.5) is 0 Å². The molecule has 0 radical (unpaired) electrons. The van der Waals surface area contributed by atoms with Crippen molar-refractivity contribution in [3.63, 3.8) is 0 Å². The normalized spacial score (nSPS) is 19.0. The van der Waals surface area contributed by atoms with E-state index in [1.807, 2.05) is 29.6 Å². The van der Waals surface area contributed by atoms with Gasteiger partial charge in [-0.2, -0.15) is 4.31 Å². The predicted molar refractivity (Wildman–Crippen MR) is 110 cm³/mol. The van der Waals surface area contributed by atoms with E-state index in [4.69, 9.17) is 0 Å². The Balaban J connectivity index is 1.27. The zero-order chi connectivity index (χ0) is 20.3. The van der Waals surface area contributed by atoms with Gasteiger partial charge in [-0.3, -0.25) is 4.79 Å². The largest absolute Gasteiger partial charge is 0.343 e. The minimum absolute atomic E-state index is 0.169. The lowest BCUT2D eigenvalue weighted by atomic mass is 10.0. The lowest BCUT2D eigenvalue weighted by Crippen LogP contribution is -2.39. The van der Waals surface area contributed by atoms with Gasteiger partial charge in [-0.05, 0) is 49.8 Å². The lowest BCUT2D eigenvalue weighted by Gasteiger charge is -2.32. The van der Waals surface area contributed by atoms with E-state index in [2.05, 4.69) is 9.55 Å². The van der Waals surface area contributed by atoms with E-state index in [0.717, 1.165) is 44.3 Å². The van der Waals surface area contributed by atoms with E-state index < -0.39 is 10.0 Å². The second-order valence-electron chi connectivity index (χ2n) is 7.88. The molecule has 2 fully saturated rings. The van der Waals surface area contributed by atoms with Gasteiger partial charge < -0.3 is 9.47 Å². The summed E-state index contributed by atoms with van der Waals surface area (Å²) in [4.78, 5) is 19.0. The quantitative estimate of drug-likeness (QED) is 0.725. The predicted octanol–water partition coefficient (Wildman–Crippen LogP) is 2.46. The summed E-state index contributed by atoms with van der Waals surface area (Å²) >= 11 is 0. The van der Waals surface area contributed by atoms with Gasteiger partial charge in [0.1, 0.15) is 0 Å². The van der Waals surface area contributed by atoms with Crippen molar-refractivity contribution < 1.29 is 13.2 Å². The van der Waals surface area contributed by atoms with Crippen molar-refractivity contribution in [2.45, 2.75) is 49.5 Å². The Bertz CT molecular complexity index is 911. The number of hydrogen-bond donors (Lipinski definition) is 0. The molecule has 0 saturated carbocycles. The SMILES string of the molecule is O=C(CCc1ccc(S(=O)(=O)N2CCCC2)cc1)N1CCC(n2ccnc2)CC1. The third-order valence-electron chi connectivity index (χ3n) is 6.02. The number of aryl methyl sites for hydroxylation is 1. The topological polar surface area (TPSA) is 75.5 Å². The minimum Gasteiger partial charge on any atom is -0.343 e. The number of carbonyl (C=O) groups is 1. The van der Waals surface area contributed by atoms with Gasteiger partial charge in [0.05, 0.1) is 11.2 Å². The van der Waals surface area contributed by atoms with Crippen LogP contribution in [0.25, 0.3) is 0 Å². The standard InChI is InChI=1S/C21H28N4O3S/c26-21(23-14-9-19(10-15-23)24-16-11-22-17-24)8-5-18-3-6-20(7-4-18)29(27,28)25-12-1-2-13-25/h3-4,6-7,11,16-17,19H,1-2,5,8-10,12-15H2. The van der Waals surface area contributed by atoms with Gasteiger partial charge in [0.25, 0.3) is 0 Å². The molecule has 2 aromatic rings. The van der Waals surface area contributed by atoms with Crippen LogP contribution >= 0.6 is 0 Å². The fraction of sp³-hybridized carbons (Fsp3) is 0.524. The average Bonchev–Trinajstić information content (AvgIpc) is 3.47. The summed E-state index contributed by atoms with van der Waals surface area (Å²) < 4.78 is 28.9. The van der Waals surface area contributed by atoms with E-state index in [0.29, 0.717) is 36.9 Å². The number of benzene rings is 1. The molecule has 0 unspecified atom stereocenters. The highest BCUT2D eigenvalue weighted by atomic mass is 32.2. The average molecular weight is 417 g/mol. The molecule has 1 aromatic heterocycles. The summed E-state index contributed by atoms with van der Waals surface area (Å²) in [6.45, 7) is 2.76. The van der Waals surface area contributed by atoms with Crippen LogP contribution in [0.2, 0.25) is 0 Å². The smallest absolute Gasteiger partial charge is 0.243 e. The molecule has 7 nitrogen and oxygen atoms in total. The molecule has 0 bridgehead atoms. The highest BCUT2D eigenvalue weighted by molar-refractivity contribution is 7.89. The maximum atomic E-state index is 12.6. The Labute approximate surface area is 172 Å². The number of rotatable bonds is 6. The van der Waals surface area contributed by atoms with Crippen molar-refractivity contribution in [2.75, 3.05) is 26.2 Å².